The Hall–Kier alpha value is -0.910. The Morgan fingerprint density at radius 3 is 2.89 bits per heavy atom. The van der Waals surface area contributed by atoms with Crippen LogP contribution in [0.5, 0.6) is 0 Å². The summed E-state index contributed by atoms with van der Waals surface area (Å²) in [6.45, 7) is 10.7. The SMILES string of the molecule is CCCNCc1cc(CN(CC)C(C)COC)on1. The third kappa shape index (κ3) is 5.72. The largest absolute Gasteiger partial charge is 0.383 e. The van der Waals surface area contributed by atoms with Crippen molar-refractivity contribution in [3.05, 3.63) is 17.5 Å². The Balaban J connectivity index is 2.46. The number of aromatic nitrogens is 1. The van der Waals surface area contributed by atoms with E-state index in [1.54, 1.807) is 7.11 Å². The molecule has 5 nitrogen and oxygen atoms in total. The number of nitrogens with one attached hydrogen (secondary N) is 1. The summed E-state index contributed by atoms with van der Waals surface area (Å²) in [7, 11) is 1.73. The lowest BCUT2D eigenvalue weighted by Crippen LogP contribution is -2.35. The molecule has 0 aliphatic heterocycles. The first-order valence-corrected chi connectivity index (χ1v) is 7.09. The van der Waals surface area contributed by atoms with E-state index in [0.29, 0.717) is 6.04 Å². The molecule has 0 fully saturated rings. The number of hydrogen-bond acceptors (Lipinski definition) is 5. The molecule has 0 amide bonds. The monoisotopic (exact) mass is 269 g/mol. The van der Waals surface area contributed by atoms with E-state index in [2.05, 4.69) is 36.1 Å². The van der Waals surface area contributed by atoms with E-state index in [4.69, 9.17) is 9.26 Å². The average molecular weight is 269 g/mol. The molecule has 1 aromatic heterocycles. The fraction of sp³-hybridized carbons (Fsp3) is 0.786. The summed E-state index contributed by atoms with van der Waals surface area (Å²) in [5, 5.41) is 7.40. The maximum atomic E-state index is 5.38. The summed E-state index contributed by atoms with van der Waals surface area (Å²) in [6.07, 6.45) is 1.13. The van der Waals surface area contributed by atoms with Crippen LogP contribution in [0.15, 0.2) is 10.6 Å². The van der Waals surface area contributed by atoms with Crippen LogP contribution in [0.25, 0.3) is 0 Å². The highest BCUT2D eigenvalue weighted by atomic mass is 16.5. The van der Waals surface area contributed by atoms with Gasteiger partial charge < -0.3 is 14.6 Å². The molecule has 0 saturated heterocycles. The molecule has 0 radical (unpaired) electrons. The van der Waals surface area contributed by atoms with Crippen molar-refractivity contribution in [3.8, 4) is 0 Å². The topological polar surface area (TPSA) is 50.5 Å². The Bertz CT molecular complexity index is 341. The van der Waals surface area contributed by atoms with Gasteiger partial charge in [-0.25, -0.2) is 0 Å². The number of hydrogen-bond donors (Lipinski definition) is 1. The number of likely N-dealkylation sites (N-methyl/N-ethyl adjacent to an activating group) is 1. The van der Waals surface area contributed by atoms with E-state index >= 15 is 0 Å². The normalized spacial score (nSPS) is 13.1. The second kappa shape index (κ2) is 9.07. The van der Waals surface area contributed by atoms with Gasteiger partial charge in [0.05, 0.1) is 18.8 Å². The molecular weight excluding hydrogens is 242 g/mol. The lowest BCUT2D eigenvalue weighted by molar-refractivity contribution is 0.0920. The van der Waals surface area contributed by atoms with Gasteiger partial charge in [0.1, 0.15) is 0 Å². The Labute approximate surface area is 116 Å². The molecule has 1 unspecified atom stereocenters. The molecule has 0 saturated carbocycles. The van der Waals surface area contributed by atoms with Gasteiger partial charge in [-0.05, 0) is 26.4 Å². The van der Waals surface area contributed by atoms with E-state index in [1.807, 2.05) is 6.07 Å². The third-order valence-electron chi connectivity index (χ3n) is 3.14. The zero-order valence-corrected chi connectivity index (χ0v) is 12.6. The van der Waals surface area contributed by atoms with Crippen LogP contribution in [0.2, 0.25) is 0 Å². The molecule has 1 heterocycles. The first-order chi connectivity index (χ1) is 9.21. The molecule has 1 rings (SSSR count). The van der Waals surface area contributed by atoms with E-state index in [1.165, 1.54) is 0 Å². The molecule has 1 N–H and O–H groups in total. The van der Waals surface area contributed by atoms with Crippen molar-refractivity contribution >= 4 is 0 Å². The summed E-state index contributed by atoms with van der Waals surface area (Å²) < 4.78 is 10.6. The number of rotatable bonds is 10. The van der Waals surface area contributed by atoms with Crippen LogP contribution in [0.4, 0.5) is 0 Å². The van der Waals surface area contributed by atoms with Crippen LogP contribution < -0.4 is 5.32 Å². The lowest BCUT2D eigenvalue weighted by Gasteiger charge is -2.25. The van der Waals surface area contributed by atoms with Crippen LogP contribution in [0.3, 0.4) is 0 Å². The fourth-order valence-electron chi connectivity index (χ4n) is 2.03. The van der Waals surface area contributed by atoms with Crippen molar-refractivity contribution < 1.29 is 9.26 Å². The van der Waals surface area contributed by atoms with Crippen molar-refractivity contribution in [2.45, 2.75) is 46.3 Å². The van der Waals surface area contributed by atoms with E-state index < -0.39 is 0 Å². The van der Waals surface area contributed by atoms with Gasteiger partial charge in [-0.2, -0.15) is 0 Å². The first kappa shape index (κ1) is 16.1. The summed E-state index contributed by atoms with van der Waals surface area (Å²) >= 11 is 0. The van der Waals surface area contributed by atoms with Gasteiger partial charge in [-0.1, -0.05) is 19.0 Å². The van der Waals surface area contributed by atoms with Gasteiger partial charge >= 0.3 is 0 Å². The van der Waals surface area contributed by atoms with E-state index in [-0.39, 0.29) is 0 Å². The average Bonchev–Trinajstić information content (AvgIpc) is 2.84. The highest BCUT2D eigenvalue weighted by Gasteiger charge is 2.14. The van der Waals surface area contributed by atoms with E-state index in [9.17, 15) is 0 Å². The first-order valence-electron chi connectivity index (χ1n) is 7.09. The lowest BCUT2D eigenvalue weighted by atomic mass is 10.2. The highest BCUT2D eigenvalue weighted by molar-refractivity contribution is 5.05. The number of methoxy groups -OCH3 is 1. The molecule has 0 aliphatic rings. The standard InChI is InChI=1S/C14H27N3O2/c1-5-7-15-9-13-8-14(19-16-13)10-17(6-2)12(3)11-18-4/h8,12,15H,5-7,9-11H2,1-4H3. The second-order valence-corrected chi connectivity index (χ2v) is 4.83. The maximum absolute atomic E-state index is 5.38. The van der Waals surface area contributed by atoms with Gasteiger partial charge in [0.15, 0.2) is 5.76 Å². The van der Waals surface area contributed by atoms with Crippen LogP contribution in [-0.2, 0) is 17.8 Å². The molecule has 0 aliphatic carbocycles. The van der Waals surface area contributed by atoms with Crippen molar-refractivity contribution in [2.75, 3.05) is 26.8 Å². The van der Waals surface area contributed by atoms with Gasteiger partial charge in [-0.15, -0.1) is 0 Å². The van der Waals surface area contributed by atoms with Gasteiger partial charge in [0.2, 0.25) is 0 Å². The minimum absolute atomic E-state index is 0.377. The molecular formula is C14H27N3O2. The highest BCUT2D eigenvalue weighted by Crippen LogP contribution is 2.10. The molecule has 0 aromatic carbocycles. The van der Waals surface area contributed by atoms with Gasteiger partial charge in [0, 0.05) is 25.8 Å². The maximum Gasteiger partial charge on any atom is 0.151 e. The second-order valence-electron chi connectivity index (χ2n) is 4.83. The Kier molecular flexibility index (Phi) is 7.70. The van der Waals surface area contributed by atoms with Gasteiger partial charge in [0.25, 0.3) is 0 Å². The molecule has 0 spiro atoms. The van der Waals surface area contributed by atoms with Crippen molar-refractivity contribution in [2.24, 2.45) is 0 Å². The van der Waals surface area contributed by atoms with Crippen LogP contribution in [0.1, 0.15) is 38.6 Å². The van der Waals surface area contributed by atoms with Crippen molar-refractivity contribution in [3.63, 3.8) is 0 Å². The molecule has 110 valence electrons. The minimum atomic E-state index is 0.377. The van der Waals surface area contributed by atoms with Crippen molar-refractivity contribution in [1.82, 2.24) is 15.4 Å². The quantitative estimate of drug-likeness (QED) is 0.659. The summed E-state index contributed by atoms with van der Waals surface area (Å²) in [6, 6.07) is 2.41. The Morgan fingerprint density at radius 2 is 2.26 bits per heavy atom. The summed E-state index contributed by atoms with van der Waals surface area (Å²) in [5.74, 6) is 0.915. The predicted octanol–water partition coefficient (Wildman–Crippen LogP) is 2.03. The molecule has 0 bridgehead atoms. The number of ether oxygens (including phenoxy) is 1. The molecule has 1 aromatic rings. The molecule has 19 heavy (non-hydrogen) atoms. The Morgan fingerprint density at radius 1 is 1.47 bits per heavy atom. The fourth-order valence-corrected chi connectivity index (χ4v) is 2.03. The van der Waals surface area contributed by atoms with E-state index in [0.717, 1.165) is 50.7 Å². The minimum Gasteiger partial charge on any atom is -0.383 e. The predicted molar refractivity (Wildman–Crippen MR) is 75.9 cm³/mol. The summed E-state index contributed by atoms with van der Waals surface area (Å²) in [4.78, 5) is 2.31. The van der Waals surface area contributed by atoms with Crippen LogP contribution in [0, 0.1) is 0 Å². The van der Waals surface area contributed by atoms with Crippen LogP contribution in [-0.4, -0.2) is 42.9 Å². The molecule has 5 heteroatoms. The van der Waals surface area contributed by atoms with Gasteiger partial charge in [-0.3, -0.25) is 4.90 Å². The summed E-state index contributed by atoms with van der Waals surface area (Å²) in [5.41, 5.74) is 0.971. The van der Waals surface area contributed by atoms with Crippen molar-refractivity contribution in [1.29, 1.82) is 0 Å². The zero-order chi connectivity index (χ0) is 14.1. The smallest absolute Gasteiger partial charge is 0.151 e. The molecule has 1 atom stereocenters. The number of nitrogens with zero attached hydrogens (tertiary/aromatic N) is 2. The third-order valence-corrected chi connectivity index (χ3v) is 3.14. The van der Waals surface area contributed by atoms with Crippen LogP contribution >= 0.6 is 0 Å². The zero-order valence-electron chi connectivity index (χ0n) is 12.6.